The number of esters is 1. The number of imide groups is 2. The van der Waals surface area contributed by atoms with Crippen molar-refractivity contribution in [2.45, 2.75) is 13.8 Å². The van der Waals surface area contributed by atoms with Crippen LogP contribution in [0.1, 0.15) is 16.7 Å². The maximum atomic E-state index is 13.1. The third-order valence-electron chi connectivity index (χ3n) is 4.74. The van der Waals surface area contributed by atoms with Gasteiger partial charge in [-0.05, 0) is 92.7 Å². The summed E-state index contributed by atoms with van der Waals surface area (Å²) in [7, 11) is 1.25. The van der Waals surface area contributed by atoms with E-state index < -0.39 is 23.8 Å². The number of carbonyl (C=O) groups is 4. The topological polar surface area (TPSA) is 102 Å². The Kier molecular flexibility index (Phi) is 7.15. The molecule has 0 aromatic heterocycles. The SMILES string of the molecule is COC(=O)COc1c(Br)cc(/C=C2\C(=O)NC(=O)N(c3ccc(C)c(C)c3)C2=O)cc1Br. The van der Waals surface area contributed by atoms with Crippen LogP contribution in [0.2, 0.25) is 0 Å². The summed E-state index contributed by atoms with van der Waals surface area (Å²) < 4.78 is 10.9. The number of hydrogen-bond acceptors (Lipinski definition) is 6. The molecule has 1 N–H and O–H groups in total. The highest BCUT2D eigenvalue weighted by Crippen LogP contribution is 2.36. The fourth-order valence-electron chi connectivity index (χ4n) is 2.91. The maximum absolute atomic E-state index is 13.1. The summed E-state index contributed by atoms with van der Waals surface area (Å²) in [6.45, 7) is 3.49. The van der Waals surface area contributed by atoms with Crippen molar-refractivity contribution in [1.29, 1.82) is 0 Å². The molecular weight excluding hydrogens is 548 g/mol. The number of amides is 4. The highest BCUT2D eigenvalue weighted by Gasteiger charge is 2.37. The van der Waals surface area contributed by atoms with Crippen LogP contribution in [-0.4, -0.2) is 37.5 Å². The normalized spacial score (nSPS) is 15.1. The van der Waals surface area contributed by atoms with Crippen molar-refractivity contribution in [1.82, 2.24) is 5.32 Å². The minimum atomic E-state index is -0.811. The molecule has 1 aliphatic heterocycles. The van der Waals surface area contributed by atoms with Gasteiger partial charge in [0.25, 0.3) is 11.8 Å². The molecule has 166 valence electrons. The largest absolute Gasteiger partial charge is 0.480 e. The van der Waals surface area contributed by atoms with E-state index in [2.05, 4.69) is 41.9 Å². The second kappa shape index (κ2) is 9.66. The van der Waals surface area contributed by atoms with Crippen LogP contribution in [0.15, 0.2) is 44.9 Å². The van der Waals surface area contributed by atoms with E-state index in [1.54, 1.807) is 30.3 Å². The fourth-order valence-corrected chi connectivity index (χ4v) is 4.36. The van der Waals surface area contributed by atoms with Gasteiger partial charge in [0.15, 0.2) is 6.61 Å². The molecule has 0 radical (unpaired) electrons. The van der Waals surface area contributed by atoms with Gasteiger partial charge in [0.2, 0.25) is 0 Å². The van der Waals surface area contributed by atoms with Gasteiger partial charge in [-0.2, -0.15) is 0 Å². The van der Waals surface area contributed by atoms with E-state index in [4.69, 9.17) is 4.74 Å². The van der Waals surface area contributed by atoms with Gasteiger partial charge in [0, 0.05) is 0 Å². The number of nitrogens with zero attached hydrogens (tertiary/aromatic N) is 1. The molecule has 4 amide bonds. The summed E-state index contributed by atoms with van der Waals surface area (Å²) >= 11 is 6.70. The van der Waals surface area contributed by atoms with Crippen LogP contribution in [0.3, 0.4) is 0 Å². The first-order valence-corrected chi connectivity index (χ1v) is 10.9. The van der Waals surface area contributed by atoms with Crippen molar-refractivity contribution >= 4 is 67.4 Å². The molecule has 3 rings (SSSR count). The molecule has 1 heterocycles. The first-order chi connectivity index (χ1) is 15.1. The molecule has 1 aliphatic rings. The van der Waals surface area contributed by atoms with Crippen molar-refractivity contribution in [3.63, 3.8) is 0 Å². The van der Waals surface area contributed by atoms with Gasteiger partial charge in [-0.25, -0.2) is 14.5 Å². The second-order valence-electron chi connectivity index (χ2n) is 6.90. The van der Waals surface area contributed by atoms with Crippen LogP contribution >= 0.6 is 31.9 Å². The van der Waals surface area contributed by atoms with Crippen LogP contribution < -0.4 is 15.0 Å². The van der Waals surface area contributed by atoms with Gasteiger partial charge >= 0.3 is 12.0 Å². The average Bonchev–Trinajstić information content (AvgIpc) is 2.72. The van der Waals surface area contributed by atoms with Crippen molar-refractivity contribution in [2.75, 3.05) is 18.6 Å². The minimum absolute atomic E-state index is 0.204. The van der Waals surface area contributed by atoms with Crippen LogP contribution in [-0.2, 0) is 19.1 Å². The lowest BCUT2D eigenvalue weighted by atomic mass is 10.1. The number of carbonyl (C=O) groups excluding carboxylic acids is 4. The number of anilines is 1. The molecule has 0 spiro atoms. The third kappa shape index (κ3) is 4.91. The van der Waals surface area contributed by atoms with Crippen molar-refractivity contribution in [3.05, 3.63) is 61.5 Å². The Morgan fingerprint density at radius 3 is 2.31 bits per heavy atom. The number of aryl methyl sites for hydroxylation is 2. The Labute approximate surface area is 200 Å². The molecule has 32 heavy (non-hydrogen) atoms. The van der Waals surface area contributed by atoms with E-state index in [-0.39, 0.29) is 12.2 Å². The smallest absolute Gasteiger partial charge is 0.343 e. The lowest BCUT2D eigenvalue weighted by molar-refractivity contribution is -0.143. The number of nitrogens with one attached hydrogen (secondary N) is 1. The first-order valence-electron chi connectivity index (χ1n) is 9.29. The molecule has 0 saturated carbocycles. The number of benzene rings is 2. The monoisotopic (exact) mass is 564 g/mol. The molecule has 0 bridgehead atoms. The molecule has 2 aromatic carbocycles. The molecular formula is C22H18Br2N2O6. The number of hydrogen-bond donors (Lipinski definition) is 1. The summed E-state index contributed by atoms with van der Waals surface area (Å²) in [5.74, 6) is -1.72. The lowest BCUT2D eigenvalue weighted by Gasteiger charge is -2.27. The van der Waals surface area contributed by atoms with Crippen LogP contribution in [0, 0.1) is 13.8 Å². The quantitative estimate of drug-likeness (QED) is 0.333. The van der Waals surface area contributed by atoms with E-state index >= 15 is 0 Å². The number of rotatable bonds is 5. The second-order valence-corrected chi connectivity index (χ2v) is 8.61. The molecule has 1 fully saturated rings. The molecule has 0 unspecified atom stereocenters. The first kappa shape index (κ1) is 23.7. The van der Waals surface area contributed by atoms with Crippen LogP contribution in [0.25, 0.3) is 6.08 Å². The van der Waals surface area contributed by atoms with Gasteiger partial charge in [0.05, 0.1) is 21.7 Å². The summed E-state index contributed by atoms with van der Waals surface area (Å²) in [4.78, 5) is 50.1. The maximum Gasteiger partial charge on any atom is 0.343 e. The van der Waals surface area contributed by atoms with Gasteiger partial charge in [-0.1, -0.05) is 6.07 Å². The number of ether oxygens (including phenoxy) is 2. The number of halogens is 2. The third-order valence-corrected chi connectivity index (χ3v) is 5.92. The van der Waals surface area contributed by atoms with Crippen molar-refractivity contribution in [3.8, 4) is 5.75 Å². The Morgan fingerprint density at radius 2 is 1.72 bits per heavy atom. The predicted octanol–water partition coefficient (Wildman–Crippen LogP) is 4.05. The lowest BCUT2D eigenvalue weighted by Crippen LogP contribution is -2.54. The highest BCUT2D eigenvalue weighted by molar-refractivity contribution is 9.11. The Morgan fingerprint density at radius 1 is 1.06 bits per heavy atom. The van der Waals surface area contributed by atoms with E-state index in [9.17, 15) is 19.2 Å². The number of methoxy groups -OCH3 is 1. The van der Waals surface area contributed by atoms with Crippen molar-refractivity contribution in [2.24, 2.45) is 0 Å². The van der Waals surface area contributed by atoms with Gasteiger partial charge in [-0.15, -0.1) is 0 Å². The van der Waals surface area contributed by atoms with E-state index in [0.717, 1.165) is 16.0 Å². The Hall–Kier alpha value is -2.98. The summed E-state index contributed by atoms with van der Waals surface area (Å²) in [6, 6.07) is 7.57. The highest BCUT2D eigenvalue weighted by atomic mass is 79.9. The van der Waals surface area contributed by atoms with E-state index in [1.807, 2.05) is 13.8 Å². The Balaban J connectivity index is 1.95. The predicted molar refractivity (Wildman–Crippen MR) is 124 cm³/mol. The average molecular weight is 566 g/mol. The summed E-state index contributed by atoms with van der Waals surface area (Å²) in [5.41, 5.74) is 2.56. The van der Waals surface area contributed by atoms with E-state index in [1.165, 1.54) is 13.2 Å². The fraction of sp³-hybridized carbons (Fsp3) is 0.182. The zero-order valence-electron chi connectivity index (χ0n) is 17.3. The number of barbiturate groups is 1. The molecule has 8 nitrogen and oxygen atoms in total. The molecule has 10 heteroatoms. The molecule has 0 aliphatic carbocycles. The van der Waals surface area contributed by atoms with Crippen LogP contribution in [0.5, 0.6) is 5.75 Å². The minimum Gasteiger partial charge on any atom is -0.480 e. The molecule has 2 aromatic rings. The zero-order chi connectivity index (χ0) is 23.6. The summed E-state index contributed by atoms with van der Waals surface area (Å²) in [6.07, 6.45) is 1.37. The number of urea groups is 1. The van der Waals surface area contributed by atoms with E-state index in [0.29, 0.717) is 25.9 Å². The van der Waals surface area contributed by atoms with Crippen LogP contribution in [0.4, 0.5) is 10.5 Å². The molecule has 0 atom stereocenters. The standard InChI is InChI=1S/C22H18Br2N2O6/c1-11-4-5-14(6-12(11)2)26-21(29)15(20(28)25-22(26)30)7-13-8-16(23)19(17(24)9-13)32-10-18(27)31-3/h4-9H,10H2,1-3H3,(H,25,28,30)/b15-7+. The Bertz CT molecular complexity index is 1150. The van der Waals surface area contributed by atoms with Crippen molar-refractivity contribution < 1.29 is 28.7 Å². The van der Waals surface area contributed by atoms with Gasteiger partial charge in [0.1, 0.15) is 11.3 Å². The summed E-state index contributed by atoms with van der Waals surface area (Å²) in [5, 5.41) is 2.20. The van der Waals surface area contributed by atoms with Gasteiger partial charge in [-0.3, -0.25) is 14.9 Å². The molecule has 1 saturated heterocycles. The zero-order valence-corrected chi connectivity index (χ0v) is 20.5. The van der Waals surface area contributed by atoms with Gasteiger partial charge < -0.3 is 9.47 Å².